The number of rotatable bonds is 7. The molecule has 0 aliphatic heterocycles. The van der Waals surface area contributed by atoms with Crippen molar-refractivity contribution in [2.24, 2.45) is 5.10 Å². The molecule has 1 heterocycles. The van der Waals surface area contributed by atoms with Gasteiger partial charge in [0.05, 0.1) is 17.8 Å². The summed E-state index contributed by atoms with van der Waals surface area (Å²) in [6, 6.07) is 11.5. The van der Waals surface area contributed by atoms with Gasteiger partial charge in [0.15, 0.2) is 0 Å². The second kappa shape index (κ2) is 9.80. The fourth-order valence-corrected chi connectivity index (χ4v) is 3.33. The third-order valence-electron chi connectivity index (χ3n) is 4.84. The minimum absolute atomic E-state index is 0.185. The van der Waals surface area contributed by atoms with Crippen LogP contribution in [0.2, 0.25) is 0 Å². The average molecular weight is 378 g/mol. The highest BCUT2D eigenvalue weighted by molar-refractivity contribution is 5.92. The van der Waals surface area contributed by atoms with Gasteiger partial charge in [-0.3, -0.25) is 15.2 Å². The van der Waals surface area contributed by atoms with Gasteiger partial charge in [-0.2, -0.15) is 5.10 Å². The molecule has 2 aromatic rings. The summed E-state index contributed by atoms with van der Waals surface area (Å²) in [7, 11) is 0. The van der Waals surface area contributed by atoms with Crippen molar-refractivity contribution in [2.75, 3.05) is 5.43 Å². The van der Waals surface area contributed by atoms with Gasteiger partial charge in [0.2, 0.25) is 0 Å². The fourth-order valence-electron chi connectivity index (χ4n) is 3.33. The van der Waals surface area contributed by atoms with Crippen LogP contribution in [-0.4, -0.2) is 34.4 Å². The Kier molecular flexibility index (Phi) is 6.92. The zero-order valence-corrected chi connectivity index (χ0v) is 15.8. The van der Waals surface area contributed by atoms with Gasteiger partial charge in [-0.1, -0.05) is 31.6 Å². The molecule has 0 radical (unpaired) electrons. The van der Waals surface area contributed by atoms with Crippen LogP contribution < -0.4 is 10.7 Å². The molecule has 0 spiro atoms. The van der Waals surface area contributed by atoms with E-state index < -0.39 is 6.10 Å². The first-order chi connectivity index (χ1) is 13.7. The molecule has 1 aliphatic carbocycles. The van der Waals surface area contributed by atoms with Crippen LogP contribution in [0.5, 0.6) is 0 Å². The summed E-state index contributed by atoms with van der Waals surface area (Å²) >= 11 is 0. The molecule has 1 aliphatic rings. The van der Waals surface area contributed by atoms with Crippen molar-refractivity contribution in [3.05, 3.63) is 72.1 Å². The molecule has 3 rings (SSSR count). The van der Waals surface area contributed by atoms with Gasteiger partial charge in [0, 0.05) is 12.4 Å². The van der Waals surface area contributed by atoms with E-state index in [4.69, 9.17) is 0 Å². The Morgan fingerprint density at radius 1 is 1.21 bits per heavy atom. The van der Waals surface area contributed by atoms with Crippen LogP contribution in [0.15, 0.2) is 60.4 Å². The summed E-state index contributed by atoms with van der Waals surface area (Å²) < 4.78 is 0. The number of anilines is 1. The van der Waals surface area contributed by atoms with Crippen LogP contribution in [0.4, 0.5) is 5.69 Å². The molecule has 1 amide bonds. The number of allylic oxidation sites excluding steroid dienone is 1. The Labute approximate surface area is 165 Å². The molecule has 2 atom stereocenters. The number of carbonyl (C=O) groups is 1. The van der Waals surface area contributed by atoms with Crippen LogP contribution in [0.3, 0.4) is 0 Å². The van der Waals surface area contributed by atoms with Crippen LogP contribution in [-0.2, 0) is 6.42 Å². The molecule has 0 bridgehead atoms. The first kappa shape index (κ1) is 19.8. The minimum Gasteiger partial charge on any atom is -0.391 e. The molecule has 6 heteroatoms. The SMILES string of the molecule is C=C/C=N\Nc1ccc(Cc2ccnc(C(=O)N[C@H]3CCCC[C@@H]3O)c2)cc1. The summed E-state index contributed by atoms with van der Waals surface area (Å²) in [6.45, 7) is 3.57. The molecule has 0 unspecified atom stereocenters. The minimum atomic E-state index is -0.469. The zero-order valence-electron chi connectivity index (χ0n) is 15.8. The van der Waals surface area contributed by atoms with E-state index in [-0.39, 0.29) is 11.9 Å². The molecule has 1 saturated carbocycles. The van der Waals surface area contributed by atoms with Gasteiger partial charge in [-0.05, 0) is 60.7 Å². The summed E-state index contributed by atoms with van der Waals surface area (Å²) in [5.74, 6) is -0.229. The number of aliphatic hydroxyl groups is 1. The van der Waals surface area contributed by atoms with E-state index in [1.54, 1.807) is 18.5 Å². The summed E-state index contributed by atoms with van der Waals surface area (Å²) in [5, 5.41) is 17.0. The van der Waals surface area contributed by atoms with E-state index >= 15 is 0 Å². The van der Waals surface area contributed by atoms with Gasteiger partial charge in [0.1, 0.15) is 5.69 Å². The van der Waals surface area contributed by atoms with Crippen LogP contribution in [0.25, 0.3) is 0 Å². The number of aromatic nitrogens is 1. The average Bonchev–Trinajstić information content (AvgIpc) is 2.71. The highest BCUT2D eigenvalue weighted by atomic mass is 16.3. The fraction of sp³-hybridized carbons (Fsp3) is 0.318. The highest BCUT2D eigenvalue weighted by Crippen LogP contribution is 2.19. The monoisotopic (exact) mass is 378 g/mol. The van der Waals surface area contributed by atoms with Gasteiger partial charge in [-0.25, -0.2) is 0 Å². The molecule has 3 N–H and O–H groups in total. The Balaban J connectivity index is 1.62. The summed E-state index contributed by atoms with van der Waals surface area (Å²) in [4.78, 5) is 16.7. The predicted molar refractivity (Wildman–Crippen MR) is 112 cm³/mol. The standard InChI is InChI=1S/C22H26N4O2/c1-2-12-24-26-18-9-7-16(8-10-18)14-17-11-13-23-20(15-17)22(28)25-19-5-3-4-6-21(19)27/h2,7-13,15,19,21,26-27H,1,3-6,14H2,(H,25,28)/b24-12-/t19-,21-/m0/s1. The van der Waals surface area contributed by atoms with Crippen molar-refractivity contribution in [3.63, 3.8) is 0 Å². The Hall–Kier alpha value is -2.99. The summed E-state index contributed by atoms with van der Waals surface area (Å²) in [5.41, 5.74) is 6.32. The number of nitrogens with one attached hydrogen (secondary N) is 2. The lowest BCUT2D eigenvalue weighted by molar-refractivity contribution is 0.0713. The third kappa shape index (κ3) is 5.50. The van der Waals surface area contributed by atoms with E-state index in [0.717, 1.165) is 42.5 Å². The van der Waals surface area contributed by atoms with Crippen LogP contribution in [0.1, 0.15) is 47.3 Å². The number of benzene rings is 1. The smallest absolute Gasteiger partial charge is 0.270 e. The molecule has 1 aromatic carbocycles. The molecule has 1 aromatic heterocycles. The molecular formula is C22H26N4O2. The number of hydrazone groups is 1. The number of pyridine rings is 1. The zero-order chi connectivity index (χ0) is 19.8. The number of nitrogens with zero attached hydrogens (tertiary/aromatic N) is 2. The Morgan fingerprint density at radius 2 is 2.00 bits per heavy atom. The van der Waals surface area contributed by atoms with E-state index in [0.29, 0.717) is 12.1 Å². The van der Waals surface area contributed by atoms with Crippen LogP contribution in [0, 0.1) is 0 Å². The third-order valence-corrected chi connectivity index (χ3v) is 4.84. The van der Waals surface area contributed by atoms with Gasteiger partial charge in [-0.15, -0.1) is 0 Å². The Morgan fingerprint density at radius 3 is 2.75 bits per heavy atom. The molecule has 28 heavy (non-hydrogen) atoms. The molecular weight excluding hydrogens is 352 g/mol. The lowest BCUT2D eigenvalue weighted by atomic mass is 9.92. The molecule has 1 fully saturated rings. The van der Waals surface area contributed by atoms with E-state index in [1.807, 2.05) is 36.4 Å². The van der Waals surface area contributed by atoms with Crippen molar-refractivity contribution in [3.8, 4) is 0 Å². The van der Waals surface area contributed by atoms with E-state index in [1.165, 1.54) is 0 Å². The van der Waals surface area contributed by atoms with Gasteiger partial charge < -0.3 is 10.4 Å². The quantitative estimate of drug-likeness (QED) is 0.510. The maximum atomic E-state index is 12.5. The second-order valence-electron chi connectivity index (χ2n) is 6.98. The van der Waals surface area contributed by atoms with Crippen molar-refractivity contribution in [1.29, 1.82) is 0 Å². The predicted octanol–water partition coefficient (Wildman–Crippen LogP) is 3.29. The first-order valence-corrected chi connectivity index (χ1v) is 9.58. The van der Waals surface area contributed by atoms with E-state index in [9.17, 15) is 9.90 Å². The first-order valence-electron chi connectivity index (χ1n) is 9.58. The van der Waals surface area contributed by atoms with Crippen molar-refractivity contribution in [1.82, 2.24) is 10.3 Å². The number of carbonyl (C=O) groups excluding carboxylic acids is 1. The number of amides is 1. The largest absolute Gasteiger partial charge is 0.391 e. The van der Waals surface area contributed by atoms with Gasteiger partial charge in [0.25, 0.3) is 5.91 Å². The lowest BCUT2D eigenvalue weighted by Crippen LogP contribution is -2.45. The van der Waals surface area contributed by atoms with Crippen molar-refractivity contribution in [2.45, 2.75) is 44.2 Å². The highest BCUT2D eigenvalue weighted by Gasteiger charge is 2.25. The van der Waals surface area contributed by atoms with E-state index in [2.05, 4.69) is 27.4 Å². The van der Waals surface area contributed by atoms with Gasteiger partial charge >= 0.3 is 0 Å². The Bertz CT molecular complexity index is 833. The maximum Gasteiger partial charge on any atom is 0.270 e. The normalized spacial score (nSPS) is 19.3. The number of aliphatic hydroxyl groups excluding tert-OH is 1. The maximum absolute atomic E-state index is 12.5. The molecule has 6 nitrogen and oxygen atoms in total. The number of hydrogen-bond acceptors (Lipinski definition) is 5. The number of hydrogen-bond donors (Lipinski definition) is 3. The lowest BCUT2D eigenvalue weighted by Gasteiger charge is -2.28. The molecule has 146 valence electrons. The van der Waals surface area contributed by atoms with Crippen LogP contribution >= 0.6 is 0 Å². The van der Waals surface area contributed by atoms with Crippen molar-refractivity contribution < 1.29 is 9.90 Å². The summed E-state index contributed by atoms with van der Waals surface area (Å²) in [6.07, 6.45) is 8.66. The second-order valence-corrected chi connectivity index (χ2v) is 6.98. The van der Waals surface area contributed by atoms with Crippen molar-refractivity contribution >= 4 is 17.8 Å². The topological polar surface area (TPSA) is 86.6 Å². The molecule has 0 saturated heterocycles.